The summed E-state index contributed by atoms with van der Waals surface area (Å²) < 4.78 is 1.11. The van der Waals surface area contributed by atoms with Gasteiger partial charge in [0.1, 0.15) is 0 Å². The smallest absolute Gasteiger partial charge is 0.0603 e. The summed E-state index contributed by atoms with van der Waals surface area (Å²) in [5.74, 6) is 0. The van der Waals surface area contributed by atoms with E-state index in [1.165, 1.54) is 11.1 Å². The van der Waals surface area contributed by atoms with Crippen molar-refractivity contribution in [3.8, 4) is 0 Å². The highest BCUT2D eigenvalue weighted by Gasteiger charge is 2.24. The lowest BCUT2D eigenvalue weighted by Crippen LogP contribution is -2.45. The Hall–Kier alpha value is -0.870. The van der Waals surface area contributed by atoms with Gasteiger partial charge in [0.2, 0.25) is 0 Å². The van der Waals surface area contributed by atoms with Crippen molar-refractivity contribution in [2.24, 2.45) is 0 Å². The van der Waals surface area contributed by atoms with E-state index in [0.29, 0.717) is 0 Å². The fourth-order valence-electron chi connectivity index (χ4n) is 2.91. The zero-order chi connectivity index (χ0) is 14.7. The van der Waals surface area contributed by atoms with Gasteiger partial charge in [-0.25, -0.2) is 0 Å². The molecule has 0 bridgehead atoms. The van der Waals surface area contributed by atoms with Gasteiger partial charge in [0.05, 0.1) is 6.04 Å². The third kappa shape index (κ3) is 3.67. The summed E-state index contributed by atoms with van der Waals surface area (Å²) in [5, 5.41) is 4.21. The van der Waals surface area contributed by atoms with Crippen LogP contribution < -0.4 is 5.32 Å². The summed E-state index contributed by atoms with van der Waals surface area (Å²) in [6, 6.07) is 17.0. The molecule has 3 rings (SSSR count). The molecule has 1 atom stereocenters. The zero-order valence-corrected chi connectivity index (χ0v) is 14.1. The van der Waals surface area contributed by atoms with Crippen LogP contribution in [0.2, 0.25) is 5.02 Å². The number of piperazine rings is 1. The third-order valence-corrected chi connectivity index (χ3v) is 4.57. The summed E-state index contributed by atoms with van der Waals surface area (Å²) in [4.78, 5) is 2.52. The van der Waals surface area contributed by atoms with Gasteiger partial charge in [-0.15, -0.1) is 0 Å². The van der Waals surface area contributed by atoms with Crippen LogP contribution in [0.25, 0.3) is 0 Å². The molecule has 1 fully saturated rings. The van der Waals surface area contributed by atoms with Gasteiger partial charge in [-0.2, -0.15) is 0 Å². The molecule has 0 radical (unpaired) electrons. The maximum atomic E-state index is 6.21. The van der Waals surface area contributed by atoms with Gasteiger partial charge in [0, 0.05) is 35.7 Å². The molecular formula is C17H18BrClN2. The molecule has 1 aliphatic rings. The molecule has 1 saturated heterocycles. The standard InChI is InChI=1S/C17H18BrClN2/c18-15-5-1-3-13(11-15)17(21-9-7-20-8-10-21)14-4-2-6-16(19)12-14/h1-6,11-12,17,20H,7-10H2. The first-order valence-electron chi connectivity index (χ1n) is 7.20. The fourth-order valence-corrected chi connectivity index (χ4v) is 3.52. The molecule has 2 nitrogen and oxygen atoms in total. The Labute approximate surface area is 139 Å². The van der Waals surface area contributed by atoms with Crippen LogP contribution in [0.4, 0.5) is 0 Å². The van der Waals surface area contributed by atoms with Crippen molar-refractivity contribution < 1.29 is 0 Å². The van der Waals surface area contributed by atoms with Gasteiger partial charge in [-0.3, -0.25) is 4.90 Å². The Bertz CT molecular complexity index is 566. The van der Waals surface area contributed by atoms with Crippen molar-refractivity contribution in [2.75, 3.05) is 26.2 Å². The predicted molar refractivity (Wildman–Crippen MR) is 91.9 cm³/mol. The third-order valence-electron chi connectivity index (χ3n) is 3.85. The second-order valence-electron chi connectivity index (χ2n) is 5.30. The molecule has 4 heteroatoms. The van der Waals surface area contributed by atoms with E-state index in [1.807, 2.05) is 12.1 Å². The highest BCUT2D eigenvalue weighted by Crippen LogP contribution is 2.31. The number of hydrogen-bond acceptors (Lipinski definition) is 2. The van der Waals surface area contributed by atoms with Gasteiger partial charge < -0.3 is 5.32 Å². The lowest BCUT2D eigenvalue weighted by molar-refractivity contribution is 0.198. The zero-order valence-electron chi connectivity index (χ0n) is 11.7. The van der Waals surface area contributed by atoms with Crippen LogP contribution in [0.3, 0.4) is 0 Å². The SMILES string of the molecule is Clc1cccc(C(c2cccc(Br)c2)N2CCNCC2)c1. The van der Waals surface area contributed by atoms with Crippen molar-refractivity contribution in [3.63, 3.8) is 0 Å². The Kier molecular flexibility index (Phi) is 4.96. The molecule has 21 heavy (non-hydrogen) atoms. The van der Waals surface area contributed by atoms with E-state index in [-0.39, 0.29) is 6.04 Å². The van der Waals surface area contributed by atoms with E-state index in [4.69, 9.17) is 11.6 Å². The molecule has 0 saturated carbocycles. The first-order chi connectivity index (χ1) is 10.2. The molecule has 0 amide bonds. The van der Waals surface area contributed by atoms with Crippen molar-refractivity contribution in [1.82, 2.24) is 10.2 Å². The van der Waals surface area contributed by atoms with E-state index >= 15 is 0 Å². The average Bonchev–Trinajstić information content (AvgIpc) is 2.49. The number of nitrogens with zero attached hydrogens (tertiary/aromatic N) is 1. The molecule has 1 heterocycles. The Morgan fingerprint density at radius 3 is 2.33 bits per heavy atom. The topological polar surface area (TPSA) is 15.3 Å². The number of nitrogens with one attached hydrogen (secondary N) is 1. The maximum Gasteiger partial charge on any atom is 0.0603 e. The van der Waals surface area contributed by atoms with Gasteiger partial charge in [-0.05, 0) is 35.4 Å². The van der Waals surface area contributed by atoms with E-state index in [9.17, 15) is 0 Å². The van der Waals surface area contributed by atoms with Crippen LogP contribution in [0.1, 0.15) is 17.2 Å². The van der Waals surface area contributed by atoms with Crippen molar-refractivity contribution in [2.45, 2.75) is 6.04 Å². The van der Waals surface area contributed by atoms with Crippen molar-refractivity contribution >= 4 is 27.5 Å². The lowest BCUT2D eigenvalue weighted by Gasteiger charge is -2.35. The quantitative estimate of drug-likeness (QED) is 0.881. The summed E-state index contributed by atoms with van der Waals surface area (Å²) in [5.41, 5.74) is 2.55. The van der Waals surface area contributed by atoms with Gasteiger partial charge in [-0.1, -0.05) is 51.8 Å². The van der Waals surface area contributed by atoms with Gasteiger partial charge >= 0.3 is 0 Å². The van der Waals surface area contributed by atoms with E-state index in [0.717, 1.165) is 35.7 Å². The molecule has 0 aromatic heterocycles. The first-order valence-corrected chi connectivity index (χ1v) is 8.37. The second-order valence-corrected chi connectivity index (χ2v) is 6.65. The minimum atomic E-state index is 0.253. The number of rotatable bonds is 3. The van der Waals surface area contributed by atoms with Crippen LogP contribution in [0.15, 0.2) is 53.0 Å². The first kappa shape index (κ1) is 15.0. The number of hydrogen-bond donors (Lipinski definition) is 1. The molecule has 0 aliphatic carbocycles. The molecular weight excluding hydrogens is 348 g/mol. The Balaban J connectivity index is 2.01. The number of halogens is 2. The van der Waals surface area contributed by atoms with Crippen LogP contribution in [-0.4, -0.2) is 31.1 Å². The Morgan fingerprint density at radius 2 is 1.67 bits per heavy atom. The fraction of sp³-hybridized carbons (Fsp3) is 0.294. The second kappa shape index (κ2) is 6.93. The van der Waals surface area contributed by atoms with Gasteiger partial charge in [0.15, 0.2) is 0 Å². The predicted octanol–water partition coefficient (Wildman–Crippen LogP) is 4.10. The van der Waals surface area contributed by atoms with E-state index in [1.54, 1.807) is 0 Å². The monoisotopic (exact) mass is 364 g/mol. The van der Waals surface area contributed by atoms with Crippen LogP contribution in [0.5, 0.6) is 0 Å². The van der Waals surface area contributed by atoms with E-state index in [2.05, 4.69) is 62.5 Å². The van der Waals surface area contributed by atoms with Crippen LogP contribution in [-0.2, 0) is 0 Å². The summed E-state index contributed by atoms with van der Waals surface area (Å²) in [6.07, 6.45) is 0. The molecule has 0 spiro atoms. The summed E-state index contributed by atoms with van der Waals surface area (Å²) >= 11 is 9.79. The van der Waals surface area contributed by atoms with Crippen molar-refractivity contribution in [3.05, 3.63) is 69.2 Å². The minimum Gasteiger partial charge on any atom is -0.314 e. The molecule has 1 N–H and O–H groups in total. The molecule has 110 valence electrons. The largest absolute Gasteiger partial charge is 0.314 e. The van der Waals surface area contributed by atoms with Gasteiger partial charge in [0.25, 0.3) is 0 Å². The highest BCUT2D eigenvalue weighted by atomic mass is 79.9. The normalized spacial score (nSPS) is 17.6. The summed E-state index contributed by atoms with van der Waals surface area (Å²) in [7, 11) is 0. The molecule has 2 aromatic carbocycles. The van der Waals surface area contributed by atoms with Crippen molar-refractivity contribution in [1.29, 1.82) is 0 Å². The minimum absolute atomic E-state index is 0.253. The lowest BCUT2D eigenvalue weighted by atomic mass is 9.96. The molecule has 1 aliphatic heterocycles. The molecule has 1 unspecified atom stereocenters. The average molecular weight is 366 g/mol. The van der Waals surface area contributed by atoms with E-state index < -0.39 is 0 Å². The Morgan fingerprint density at radius 1 is 1.00 bits per heavy atom. The maximum absolute atomic E-state index is 6.21. The summed E-state index contributed by atoms with van der Waals surface area (Å²) in [6.45, 7) is 4.16. The molecule has 2 aromatic rings. The highest BCUT2D eigenvalue weighted by molar-refractivity contribution is 9.10. The van der Waals surface area contributed by atoms with Crippen LogP contribution in [0, 0.1) is 0 Å². The number of benzene rings is 2. The van der Waals surface area contributed by atoms with Crippen LogP contribution >= 0.6 is 27.5 Å².